The fourth-order valence-electron chi connectivity index (χ4n) is 3.84. The maximum absolute atomic E-state index is 13.3. The predicted molar refractivity (Wildman–Crippen MR) is 133 cm³/mol. The van der Waals surface area contributed by atoms with Gasteiger partial charge in [-0.3, -0.25) is 4.68 Å². The number of fused-ring (bicyclic) bond motifs is 1. The molecule has 0 saturated heterocycles. The number of benzene rings is 1. The van der Waals surface area contributed by atoms with Gasteiger partial charge in [0.15, 0.2) is 10.8 Å². The predicted octanol–water partition coefficient (Wildman–Crippen LogP) is 4.64. The number of thioether (sulfide) groups is 1. The van der Waals surface area contributed by atoms with Gasteiger partial charge in [0.25, 0.3) is 10.0 Å². The molecule has 0 unspecified atom stereocenters. The van der Waals surface area contributed by atoms with Crippen LogP contribution in [0.5, 0.6) is 0 Å². The van der Waals surface area contributed by atoms with E-state index in [1.165, 1.54) is 15.7 Å². The average Bonchev–Trinajstić information content (AvgIpc) is 3.51. The zero-order chi connectivity index (χ0) is 23.9. The van der Waals surface area contributed by atoms with Gasteiger partial charge in [-0.15, -0.1) is 0 Å². The van der Waals surface area contributed by atoms with E-state index in [-0.39, 0.29) is 4.90 Å². The van der Waals surface area contributed by atoms with E-state index >= 15 is 0 Å². The van der Waals surface area contributed by atoms with Gasteiger partial charge in [-0.05, 0) is 56.5 Å². The van der Waals surface area contributed by atoms with Crippen molar-refractivity contribution < 1.29 is 8.42 Å². The van der Waals surface area contributed by atoms with Crippen molar-refractivity contribution in [2.75, 3.05) is 6.26 Å². The van der Waals surface area contributed by atoms with E-state index in [0.29, 0.717) is 21.9 Å². The van der Waals surface area contributed by atoms with Crippen molar-refractivity contribution in [1.82, 2.24) is 28.7 Å². The van der Waals surface area contributed by atoms with Crippen molar-refractivity contribution >= 4 is 32.8 Å². The van der Waals surface area contributed by atoms with Gasteiger partial charge in [-0.1, -0.05) is 29.5 Å². The van der Waals surface area contributed by atoms with E-state index in [1.54, 1.807) is 48.9 Å². The number of pyridine rings is 1. The minimum absolute atomic E-state index is 0.213. The smallest absolute Gasteiger partial charge is 0.264 e. The molecule has 4 heterocycles. The van der Waals surface area contributed by atoms with Gasteiger partial charge in [-0.2, -0.15) is 5.10 Å². The molecule has 0 spiro atoms. The summed E-state index contributed by atoms with van der Waals surface area (Å²) in [7, 11) is -3.80. The summed E-state index contributed by atoms with van der Waals surface area (Å²) >= 11 is 1.45. The van der Waals surface area contributed by atoms with Crippen LogP contribution >= 0.6 is 11.8 Å². The van der Waals surface area contributed by atoms with Crippen LogP contribution in [-0.2, 0) is 16.6 Å². The molecular weight excluding hydrogens is 468 g/mol. The van der Waals surface area contributed by atoms with Gasteiger partial charge >= 0.3 is 0 Å². The molecule has 5 aromatic rings. The largest absolute Gasteiger partial charge is 0.269 e. The molecule has 0 atom stereocenters. The molecule has 0 fully saturated rings. The van der Waals surface area contributed by atoms with E-state index in [1.807, 2.05) is 43.0 Å². The van der Waals surface area contributed by atoms with Crippen LogP contribution in [0.1, 0.15) is 12.5 Å². The fraction of sp³-hybridized carbons (Fsp3) is 0.167. The first kappa shape index (κ1) is 22.3. The van der Waals surface area contributed by atoms with Crippen LogP contribution < -0.4 is 0 Å². The summed E-state index contributed by atoms with van der Waals surface area (Å²) in [4.78, 5) is 14.0. The maximum atomic E-state index is 13.3. The molecular formula is C24H22N6O2S2. The highest BCUT2D eigenvalue weighted by Crippen LogP contribution is 2.32. The number of aromatic nitrogens is 6. The Morgan fingerprint density at radius 1 is 0.971 bits per heavy atom. The minimum Gasteiger partial charge on any atom is -0.264 e. The first-order chi connectivity index (χ1) is 16.4. The van der Waals surface area contributed by atoms with Gasteiger partial charge in [0.1, 0.15) is 0 Å². The van der Waals surface area contributed by atoms with Crippen LogP contribution in [0.2, 0.25) is 0 Å². The third-order valence-electron chi connectivity index (χ3n) is 5.57. The Kier molecular flexibility index (Phi) is 5.70. The van der Waals surface area contributed by atoms with Crippen molar-refractivity contribution in [3.05, 3.63) is 72.7 Å². The van der Waals surface area contributed by atoms with Gasteiger partial charge in [-0.25, -0.2) is 27.3 Å². The van der Waals surface area contributed by atoms with Gasteiger partial charge in [0.2, 0.25) is 0 Å². The second kappa shape index (κ2) is 8.69. The van der Waals surface area contributed by atoms with E-state index in [2.05, 4.69) is 15.1 Å². The van der Waals surface area contributed by atoms with E-state index in [0.717, 1.165) is 29.1 Å². The molecule has 0 saturated carbocycles. The summed E-state index contributed by atoms with van der Waals surface area (Å²) in [5.41, 5.74) is 4.46. The first-order valence-corrected chi connectivity index (χ1v) is 13.3. The van der Waals surface area contributed by atoms with Crippen molar-refractivity contribution in [2.24, 2.45) is 0 Å². The van der Waals surface area contributed by atoms with Gasteiger partial charge in [0, 0.05) is 36.1 Å². The summed E-state index contributed by atoms with van der Waals surface area (Å²) in [6, 6.07) is 14.2. The molecule has 34 heavy (non-hydrogen) atoms. The van der Waals surface area contributed by atoms with Crippen LogP contribution in [0, 0.1) is 6.92 Å². The molecule has 5 rings (SSSR count). The molecule has 8 nitrogen and oxygen atoms in total. The average molecular weight is 491 g/mol. The Bertz CT molecular complexity index is 1600. The van der Waals surface area contributed by atoms with Crippen LogP contribution in [0.3, 0.4) is 0 Å². The van der Waals surface area contributed by atoms with Crippen LogP contribution in [0.25, 0.3) is 33.7 Å². The Morgan fingerprint density at radius 3 is 2.47 bits per heavy atom. The summed E-state index contributed by atoms with van der Waals surface area (Å²) in [6.07, 6.45) is 6.82. The first-order valence-electron chi connectivity index (χ1n) is 10.7. The Balaban J connectivity index is 1.67. The normalized spacial score (nSPS) is 11.9. The topological polar surface area (TPSA) is 95.6 Å². The zero-order valence-electron chi connectivity index (χ0n) is 18.9. The number of hydrogen-bond donors (Lipinski definition) is 0. The highest BCUT2D eigenvalue weighted by atomic mass is 32.2. The lowest BCUT2D eigenvalue weighted by molar-refractivity contribution is 0.588. The van der Waals surface area contributed by atoms with Crippen LogP contribution in [-0.4, -0.2) is 43.4 Å². The Morgan fingerprint density at radius 2 is 1.74 bits per heavy atom. The molecule has 0 aliphatic rings. The third-order valence-corrected chi connectivity index (χ3v) is 7.80. The summed E-state index contributed by atoms with van der Waals surface area (Å²) in [5, 5.41) is 5.66. The third kappa shape index (κ3) is 3.78. The standard InChI is InChI=1S/C24H22N6O2S2/c1-4-29-22(10-13-26-29)21-15-20(27-24(28-21)33-3)18-9-12-25-23-19(18)11-14-30(23)34(31,32)17-7-5-16(2)6-8-17/h5-15H,4H2,1-3H3. The second-order valence-electron chi connectivity index (χ2n) is 7.68. The van der Waals surface area contributed by atoms with Gasteiger partial charge < -0.3 is 0 Å². The maximum Gasteiger partial charge on any atom is 0.269 e. The van der Waals surface area contributed by atoms with E-state index in [9.17, 15) is 8.42 Å². The summed E-state index contributed by atoms with van der Waals surface area (Å²) < 4.78 is 29.8. The van der Waals surface area contributed by atoms with Crippen molar-refractivity contribution in [3.63, 3.8) is 0 Å². The highest BCUT2D eigenvalue weighted by Gasteiger charge is 2.21. The molecule has 10 heteroatoms. The van der Waals surface area contributed by atoms with Crippen molar-refractivity contribution in [3.8, 4) is 22.6 Å². The lowest BCUT2D eigenvalue weighted by Crippen LogP contribution is -2.12. The number of aryl methyl sites for hydroxylation is 2. The van der Waals surface area contributed by atoms with Crippen LogP contribution in [0.15, 0.2) is 77.2 Å². The zero-order valence-corrected chi connectivity index (χ0v) is 20.5. The number of hydrogen-bond acceptors (Lipinski definition) is 7. The molecule has 1 aromatic carbocycles. The fourth-order valence-corrected chi connectivity index (χ4v) is 5.52. The second-order valence-corrected chi connectivity index (χ2v) is 10.3. The van der Waals surface area contributed by atoms with Gasteiger partial charge in [0.05, 0.1) is 22.0 Å². The summed E-state index contributed by atoms with van der Waals surface area (Å²) in [5.74, 6) is 0. The van der Waals surface area contributed by atoms with Crippen molar-refractivity contribution in [2.45, 2.75) is 30.4 Å². The lowest BCUT2D eigenvalue weighted by atomic mass is 10.1. The van der Waals surface area contributed by atoms with E-state index in [4.69, 9.17) is 4.98 Å². The molecule has 0 aliphatic heterocycles. The molecule has 0 radical (unpaired) electrons. The highest BCUT2D eigenvalue weighted by molar-refractivity contribution is 7.98. The molecule has 0 aliphatic carbocycles. The molecule has 0 amide bonds. The Hall–Kier alpha value is -3.50. The summed E-state index contributed by atoms with van der Waals surface area (Å²) in [6.45, 7) is 4.66. The number of nitrogens with zero attached hydrogens (tertiary/aromatic N) is 6. The molecule has 4 aromatic heterocycles. The minimum atomic E-state index is -3.80. The van der Waals surface area contributed by atoms with Crippen LogP contribution in [0.4, 0.5) is 0 Å². The molecule has 0 N–H and O–H groups in total. The Labute approximate surface area is 201 Å². The van der Waals surface area contributed by atoms with Crippen molar-refractivity contribution in [1.29, 1.82) is 0 Å². The quantitative estimate of drug-likeness (QED) is 0.253. The number of rotatable bonds is 6. The SMILES string of the molecule is CCn1nccc1-c1cc(-c2ccnc3c2ccn3S(=O)(=O)c2ccc(C)cc2)nc(SC)n1. The molecule has 0 bridgehead atoms. The molecule has 172 valence electrons. The monoisotopic (exact) mass is 490 g/mol. The lowest BCUT2D eigenvalue weighted by Gasteiger charge is -2.10. The van der Waals surface area contributed by atoms with E-state index < -0.39 is 10.0 Å².